The number of fused-ring (bicyclic) bond motifs is 3. The van der Waals surface area contributed by atoms with E-state index >= 15 is 4.39 Å². The van der Waals surface area contributed by atoms with Gasteiger partial charge in [0.2, 0.25) is 0 Å². The number of thioether (sulfide) groups is 1. The molecule has 0 spiro atoms. The van der Waals surface area contributed by atoms with Crippen molar-refractivity contribution in [1.82, 2.24) is 14.8 Å². The maximum absolute atomic E-state index is 15.3. The average Bonchev–Trinajstić information content (AvgIpc) is 3.77. The first-order valence-corrected chi connectivity index (χ1v) is 20.5. The van der Waals surface area contributed by atoms with Crippen molar-refractivity contribution >= 4 is 23.8 Å². The number of hydrogen-bond donors (Lipinski definition) is 1. The number of carbonyl (C=O) groups is 2. The number of ether oxygens (including phenoxy) is 1. The van der Waals surface area contributed by atoms with Crippen LogP contribution >= 0.6 is 11.8 Å². The van der Waals surface area contributed by atoms with Crippen LogP contribution in [0.25, 0.3) is 22.3 Å². The van der Waals surface area contributed by atoms with Gasteiger partial charge in [-0.05, 0) is 94.4 Å². The van der Waals surface area contributed by atoms with Gasteiger partial charge >= 0.3 is 6.09 Å². The molecule has 292 valence electrons. The first kappa shape index (κ1) is 39.6. The summed E-state index contributed by atoms with van der Waals surface area (Å²) in [6, 6.07) is 38.7. The van der Waals surface area contributed by atoms with Crippen LogP contribution in [0.15, 0.2) is 138 Å². The molecule has 0 bridgehead atoms. The molecule has 6 nitrogen and oxygen atoms in total. The normalized spacial score (nSPS) is 12.8. The number of nitrogens with zero attached hydrogens (tertiary/aromatic N) is 2. The van der Waals surface area contributed by atoms with Crippen LogP contribution < -0.4 is 5.32 Å². The highest BCUT2D eigenvalue weighted by Gasteiger charge is 2.38. The molecule has 1 atom stereocenters. The summed E-state index contributed by atoms with van der Waals surface area (Å²) in [5, 5.41) is 2.92. The van der Waals surface area contributed by atoms with Crippen molar-refractivity contribution in [1.29, 1.82) is 0 Å². The van der Waals surface area contributed by atoms with Crippen molar-refractivity contribution in [3.05, 3.63) is 173 Å². The fourth-order valence-corrected chi connectivity index (χ4v) is 8.36. The number of nitrogens with one attached hydrogen (secondary N) is 1. The highest BCUT2D eigenvalue weighted by atomic mass is 32.2. The van der Waals surface area contributed by atoms with Gasteiger partial charge in [-0.15, -0.1) is 11.8 Å². The average molecular weight is 784 g/mol. The van der Waals surface area contributed by atoms with Crippen molar-refractivity contribution in [3.8, 4) is 22.3 Å². The van der Waals surface area contributed by atoms with Gasteiger partial charge < -0.3 is 19.5 Å². The first-order valence-electron chi connectivity index (χ1n) is 19.2. The van der Waals surface area contributed by atoms with E-state index in [2.05, 4.69) is 50.4 Å². The molecule has 1 aliphatic rings. The summed E-state index contributed by atoms with van der Waals surface area (Å²) in [6.45, 7) is 7.45. The molecule has 5 aromatic carbocycles. The van der Waals surface area contributed by atoms with E-state index in [1.807, 2.05) is 107 Å². The number of alkyl carbamates (subject to hydrolysis) is 1. The Balaban J connectivity index is 1.15. The predicted octanol–water partition coefficient (Wildman–Crippen LogP) is 11.4. The summed E-state index contributed by atoms with van der Waals surface area (Å²) in [5.41, 5.74) is 7.07. The quantitative estimate of drug-likeness (QED) is 0.0936. The van der Waals surface area contributed by atoms with Gasteiger partial charge in [-0.2, -0.15) is 0 Å². The second kappa shape index (κ2) is 17.2. The highest BCUT2D eigenvalue weighted by Crippen LogP contribution is 2.45. The molecule has 0 aliphatic heterocycles. The number of benzene rings is 5. The molecule has 2 amide bonds. The van der Waals surface area contributed by atoms with E-state index in [-0.39, 0.29) is 30.5 Å². The van der Waals surface area contributed by atoms with Crippen LogP contribution in [0.2, 0.25) is 0 Å². The van der Waals surface area contributed by atoms with Gasteiger partial charge in [-0.1, -0.05) is 99.6 Å². The van der Waals surface area contributed by atoms with Crippen molar-refractivity contribution < 1.29 is 23.1 Å². The van der Waals surface area contributed by atoms with Crippen molar-refractivity contribution in [2.45, 2.75) is 50.6 Å². The van der Waals surface area contributed by atoms with Crippen molar-refractivity contribution in [3.63, 3.8) is 0 Å². The van der Waals surface area contributed by atoms with E-state index < -0.39 is 29.2 Å². The summed E-state index contributed by atoms with van der Waals surface area (Å²) in [7, 11) is 0. The summed E-state index contributed by atoms with van der Waals surface area (Å²) in [5.74, 6) is -1.30. The third-order valence-corrected chi connectivity index (χ3v) is 11.3. The summed E-state index contributed by atoms with van der Waals surface area (Å²) < 4.78 is 37.6. The van der Waals surface area contributed by atoms with Gasteiger partial charge in [0.15, 0.2) is 0 Å². The zero-order valence-corrected chi connectivity index (χ0v) is 33.5. The lowest BCUT2D eigenvalue weighted by molar-refractivity contribution is 0.0491. The topological polar surface area (TPSA) is 63.6 Å². The van der Waals surface area contributed by atoms with Gasteiger partial charge in [-0.25, -0.2) is 13.6 Å². The largest absolute Gasteiger partial charge is 0.449 e. The predicted molar refractivity (Wildman–Crippen MR) is 224 cm³/mol. The van der Waals surface area contributed by atoms with Crippen LogP contribution in [0.5, 0.6) is 0 Å². The molecule has 9 heteroatoms. The third kappa shape index (κ3) is 8.84. The molecule has 7 rings (SSSR count). The molecule has 0 saturated carbocycles. The van der Waals surface area contributed by atoms with Crippen LogP contribution in [0.3, 0.4) is 0 Å². The minimum absolute atomic E-state index is 0.0563. The second-order valence-electron chi connectivity index (χ2n) is 15.5. The number of carbonyl (C=O) groups excluding carboxylic acids is 2. The Hall–Kier alpha value is -5.67. The van der Waals surface area contributed by atoms with Gasteiger partial charge in [0.05, 0.1) is 6.04 Å². The lowest BCUT2D eigenvalue weighted by Gasteiger charge is -2.41. The Bertz CT molecular complexity index is 2310. The molecule has 1 aliphatic carbocycles. The minimum atomic E-state index is -0.537. The molecule has 1 heterocycles. The molecule has 1 unspecified atom stereocenters. The summed E-state index contributed by atoms with van der Waals surface area (Å²) in [6.07, 6.45) is 3.75. The first-order chi connectivity index (χ1) is 27.5. The Labute approximate surface area is 337 Å². The molecule has 57 heavy (non-hydrogen) atoms. The molecule has 0 fully saturated rings. The van der Waals surface area contributed by atoms with Crippen LogP contribution in [-0.4, -0.2) is 47.4 Å². The Morgan fingerprint density at radius 1 is 0.825 bits per heavy atom. The third-order valence-electron chi connectivity index (χ3n) is 10.6. The second-order valence-corrected chi connectivity index (χ2v) is 16.4. The number of rotatable bonds is 13. The zero-order valence-electron chi connectivity index (χ0n) is 32.7. The van der Waals surface area contributed by atoms with Gasteiger partial charge in [0.25, 0.3) is 5.91 Å². The Morgan fingerprint density at radius 3 is 2.12 bits per heavy atom. The fourth-order valence-electron chi connectivity index (χ4n) is 7.95. The maximum atomic E-state index is 15.3. The zero-order chi connectivity index (χ0) is 40.1. The minimum Gasteiger partial charge on any atom is -0.449 e. The monoisotopic (exact) mass is 783 g/mol. The Morgan fingerprint density at radius 2 is 1.47 bits per heavy atom. The number of hydrogen-bond acceptors (Lipinski definition) is 4. The van der Waals surface area contributed by atoms with Crippen LogP contribution in [0, 0.1) is 17.0 Å². The number of amides is 2. The highest BCUT2D eigenvalue weighted by molar-refractivity contribution is 7.98. The van der Waals surface area contributed by atoms with E-state index in [0.717, 1.165) is 50.5 Å². The smallest absolute Gasteiger partial charge is 0.407 e. The summed E-state index contributed by atoms with van der Waals surface area (Å²) in [4.78, 5) is 30.7. The molecule has 1 aromatic heterocycles. The van der Waals surface area contributed by atoms with Crippen molar-refractivity contribution in [2.75, 3.05) is 26.0 Å². The summed E-state index contributed by atoms with van der Waals surface area (Å²) >= 11 is 1.60. The standard InChI is InChI=1S/C48H47F2N3O3S/c1-48(2,3)45(44-27-34(41-28-35(49)21-24-43(41)50)30-52(44)29-32-13-6-5-7-14-32)53(46(54)33-19-22-36(57-4)23-20-33)26-12-25-51-47(55)56-31-42-39-17-10-8-15-37(39)38-16-9-11-18-40(38)42/h5-11,13-24,27-28,30,42,45H,12,25-26,29,31H2,1-4H3,(H,51,55). The van der Waals surface area contributed by atoms with Gasteiger partial charge in [0, 0.05) is 59.0 Å². The van der Waals surface area contributed by atoms with E-state index in [1.165, 1.54) is 6.07 Å². The van der Waals surface area contributed by atoms with Gasteiger partial charge in [-0.3, -0.25) is 4.79 Å². The molecular weight excluding hydrogens is 737 g/mol. The fraction of sp³-hybridized carbons (Fsp3) is 0.250. The van der Waals surface area contributed by atoms with E-state index in [1.54, 1.807) is 11.8 Å². The molecule has 0 saturated heterocycles. The van der Waals surface area contributed by atoms with Crippen molar-refractivity contribution in [2.24, 2.45) is 5.41 Å². The van der Waals surface area contributed by atoms with E-state index in [4.69, 9.17) is 4.74 Å². The van der Waals surface area contributed by atoms with Crippen LogP contribution in [-0.2, 0) is 11.3 Å². The SMILES string of the molecule is CSc1ccc(C(=O)N(CCCNC(=O)OCC2c3ccccc3-c3ccccc32)C(c2cc(-c3cc(F)ccc3F)cn2Cc2ccccc2)C(C)(C)C)cc1. The van der Waals surface area contributed by atoms with Gasteiger partial charge in [0.1, 0.15) is 18.2 Å². The van der Waals surface area contributed by atoms with E-state index in [9.17, 15) is 14.0 Å². The molecule has 1 N–H and O–H groups in total. The number of halogens is 2. The van der Waals surface area contributed by atoms with Crippen LogP contribution in [0.1, 0.15) is 71.9 Å². The Kier molecular flexibility index (Phi) is 12.0. The molecular formula is C48H47F2N3O3S. The number of aromatic nitrogens is 1. The van der Waals surface area contributed by atoms with E-state index in [0.29, 0.717) is 30.6 Å². The molecule has 6 aromatic rings. The lowest BCUT2D eigenvalue weighted by Crippen LogP contribution is -2.43. The molecule has 0 radical (unpaired) electrons. The maximum Gasteiger partial charge on any atom is 0.407 e. The van der Waals surface area contributed by atoms with Crippen LogP contribution in [0.4, 0.5) is 13.6 Å². The lowest BCUT2D eigenvalue weighted by atomic mass is 9.82.